The number of ether oxygens (including phenoxy) is 1. The summed E-state index contributed by atoms with van der Waals surface area (Å²) in [6, 6.07) is 0. The summed E-state index contributed by atoms with van der Waals surface area (Å²) < 4.78 is 4.97. The van der Waals surface area contributed by atoms with Gasteiger partial charge >= 0.3 is 6.09 Å². The zero-order valence-electron chi connectivity index (χ0n) is 15.4. The van der Waals surface area contributed by atoms with E-state index in [0.29, 0.717) is 58.2 Å². The van der Waals surface area contributed by atoms with Crippen molar-refractivity contribution in [3.05, 3.63) is 0 Å². The SMILES string of the molecule is CCOC(=O)N1CCN(C(=O)CCN(CCC(C)C)C(C)=O)CC1. The Morgan fingerprint density at radius 1 is 1.04 bits per heavy atom. The van der Waals surface area contributed by atoms with E-state index in [9.17, 15) is 14.4 Å². The molecule has 0 N–H and O–H groups in total. The zero-order valence-corrected chi connectivity index (χ0v) is 15.4. The fourth-order valence-corrected chi connectivity index (χ4v) is 2.58. The van der Waals surface area contributed by atoms with Crippen molar-refractivity contribution < 1.29 is 19.1 Å². The Labute approximate surface area is 144 Å². The maximum atomic E-state index is 12.3. The number of carbonyl (C=O) groups excluding carboxylic acids is 3. The Hall–Kier alpha value is -1.79. The van der Waals surface area contributed by atoms with Crippen LogP contribution in [0.25, 0.3) is 0 Å². The molecule has 0 aliphatic carbocycles. The number of carbonyl (C=O) groups is 3. The molecule has 1 fully saturated rings. The summed E-state index contributed by atoms with van der Waals surface area (Å²) in [4.78, 5) is 40.8. The summed E-state index contributed by atoms with van der Waals surface area (Å²) in [5, 5.41) is 0. The Kier molecular flexibility index (Phi) is 8.57. The van der Waals surface area contributed by atoms with E-state index in [4.69, 9.17) is 4.74 Å². The minimum atomic E-state index is -0.318. The Morgan fingerprint density at radius 2 is 1.62 bits per heavy atom. The second kappa shape index (κ2) is 10.2. The lowest BCUT2D eigenvalue weighted by molar-refractivity contribution is -0.134. The van der Waals surface area contributed by atoms with Gasteiger partial charge in [-0.1, -0.05) is 13.8 Å². The summed E-state index contributed by atoms with van der Waals surface area (Å²) in [5.74, 6) is 0.573. The minimum Gasteiger partial charge on any atom is -0.450 e. The summed E-state index contributed by atoms with van der Waals surface area (Å²) >= 11 is 0. The van der Waals surface area contributed by atoms with E-state index in [2.05, 4.69) is 13.8 Å². The van der Waals surface area contributed by atoms with Crippen LogP contribution >= 0.6 is 0 Å². The van der Waals surface area contributed by atoms with Crippen molar-refractivity contribution in [2.45, 2.75) is 40.5 Å². The van der Waals surface area contributed by atoms with Crippen LogP contribution in [0.3, 0.4) is 0 Å². The molecule has 0 aromatic carbocycles. The molecule has 1 rings (SSSR count). The first-order valence-corrected chi connectivity index (χ1v) is 8.80. The normalized spacial score (nSPS) is 14.7. The number of piperazine rings is 1. The van der Waals surface area contributed by atoms with Gasteiger partial charge in [0.2, 0.25) is 11.8 Å². The lowest BCUT2D eigenvalue weighted by atomic mass is 10.1. The third-order valence-corrected chi connectivity index (χ3v) is 4.18. The van der Waals surface area contributed by atoms with Gasteiger partial charge in [-0.05, 0) is 19.3 Å². The fourth-order valence-electron chi connectivity index (χ4n) is 2.58. The molecule has 0 unspecified atom stereocenters. The molecule has 3 amide bonds. The molecule has 0 radical (unpaired) electrons. The van der Waals surface area contributed by atoms with Crippen molar-refractivity contribution in [3.63, 3.8) is 0 Å². The summed E-state index contributed by atoms with van der Waals surface area (Å²) in [6.45, 7) is 11.1. The number of amides is 3. The molecule has 0 aromatic heterocycles. The van der Waals surface area contributed by atoms with Crippen LogP contribution in [-0.4, -0.2) is 78.5 Å². The summed E-state index contributed by atoms with van der Waals surface area (Å²) in [5.41, 5.74) is 0. The quantitative estimate of drug-likeness (QED) is 0.705. The molecule has 0 bridgehead atoms. The molecule has 24 heavy (non-hydrogen) atoms. The van der Waals surface area contributed by atoms with Crippen LogP contribution in [0, 0.1) is 5.92 Å². The van der Waals surface area contributed by atoms with Crippen molar-refractivity contribution in [1.82, 2.24) is 14.7 Å². The van der Waals surface area contributed by atoms with Crippen LogP contribution in [0.1, 0.15) is 40.5 Å². The maximum Gasteiger partial charge on any atom is 0.409 e. The van der Waals surface area contributed by atoms with Gasteiger partial charge in [0.25, 0.3) is 0 Å². The molecule has 1 aliphatic rings. The molecular formula is C17H31N3O4. The summed E-state index contributed by atoms with van der Waals surface area (Å²) in [6.07, 6.45) is 0.948. The van der Waals surface area contributed by atoms with Gasteiger partial charge in [0.1, 0.15) is 0 Å². The topological polar surface area (TPSA) is 70.2 Å². The van der Waals surface area contributed by atoms with Gasteiger partial charge in [-0.15, -0.1) is 0 Å². The number of hydrogen-bond acceptors (Lipinski definition) is 4. The van der Waals surface area contributed by atoms with Gasteiger partial charge in [0.05, 0.1) is 6.61 Å². The number of nitrogens with zero attached hydrogens (tertiary/aromatic N) is 3. The highest BCUT2D eigenvalue weighted by molar-refractivity contribution is 5.78. The second-order valence-corrected chi connectivity index (χ2v) is 6.51. The lowest BCUT2D eigenvalue weighted by Crippen LogP contribution is -2.51. The summed E-state index contributed by atoms with van der Waals surface area (Å²) in [7, 11) is 0. The highest BCUT2D eigenvalue weighted by Gasteiger charge is 2.25. The van der Waals surface area contributed by atoms with Crippen LogP contribution in [0.2, 0.25) is 0 Å². The van der Waals surface area contributed by atoms with Gasteiger partial charge in [-0.2, -0.15) is 0 Å². The van der Waals surface area contributed by atoms with E-state index >= 15 is 0 Å². The second-order valence-electron chi connectivity index (χ2n) is 6.51. The monoisotopic (exact) mass is 341 g/mol. The third-order valence-electron chi connectivity index (χ3n) is 4.18. The zero-order chi connectivity index (χ0) is 18.1. The van der Waals surface area contributed by atoms with E-state index in [1.54, 1.807) is 28.5 Å². The third kappa shape index (κ3) is 6.76. The fraction of sp³-hybridized carbons (Fsp3) is 0.824. The van der Waals surface area contributed by atoms with Gasteiger partial charge in [0.15, 0.2) is 0 Å². The first kappa shape index (κ1) is 20.3. The molecule has 7 nitrogen and oxygen atoms in total. The van der Waals surface area contributed by atoms with E-state index in [-0.39, 0.29) is 17.9 Å². The lowest BCUT2D eigenvalue weighted by Gasteiger charge is -2.34. The molecule has 0 spiro atoms. The van der Waals surface area contributed by atoms with Crippen LogP contribution < -0.4 is 0 Å². The van der Waals surface area contributed by atoms with Gasteiger partial charge in [-0.25, -0.2) is 4.79 Å². The van der Waals surface area contributed by atoms with E-state index in [1.807, 2.05) is 0 Å². The Morgan fingerprint density at radius 3 is 2.12 bits per heavy atom. The first-order chi connectivity index (χ1) is 11.3. The average Bonchev–Trinajstić information content (AvgIpc) is 2.54. The highest BCUT2D eigenvalue weighted by Crippen LogP contribution is 2.08. The molecular weight excluding hydrogens is 310 g/mol. The van der Waals surface area contributed by atoms with Crippen LogP contribution in [0.5, 0.6) is 0 Å². The molecule has 1 heterocycles. The Balaban J connectivity index is 2.37. The predicted octanol–water partition coefficient (Wildman–Crippen LogP) is 1.57. The molecule has 7 heteroatoms. The van der Waals surface area contributed by atoms with Crippen molar-refractivity contribution in [1.29, 1.82) is 0 Å². The largest absolute Gasteiger partial charge is 0.450 e. The van der Waals surface area contributed by atoms with E-state index in [0.717, 1.165) is 6.42 Å². The van der Waals surface area contributed by atoms with Gasteiger partial charge in [0, 0.05) is 52.6 Å². The van der Waals surface area contributed by atoms with Gasteiger partial charge < -0.3 is 19.4 Å². The van der Waals surface area contributed by atoms with Crippen molar-refractivity contribution in [2.24, 2.45) is 5.92 Å². The highest BCUT2D eigenvalue weighted by atomic mass is 16.6. The standard InChI is InChI=1S/C17H31N3O4/c1-5-24-17(23)20-12-10-19(11-13-20)16(22)7-9-18(15(4)21)8-6-14(2)3/h14H,5-13H2,1-4H3. The van der Waals surface area contributed by atoms with Crippen molar-refractivity contribution in [3.8, 4) is 0 Å². The van der Waals surface area contributed by atoms with E-state index in [1.165, 1.54) is 0 Å². The first-order valence-electron chi connectivity index (χ1n) is 8.80. The molecule has 1 aliphatic heterocycles. The predicted molar refractivity (Wildman–Crippen MR) is 91.5 cm³/mol. The van der Waals surface area contributed by atoms with E-state index < -0.39 is 0 Å². The molecule has 0 atom stereocenters. The minimum absolute atomic E-state index is 0.00980. The van der Waals surface area contributed by atoms with Crippen LogP contribution in [0.4, 0.5) is 4.79 Å². The molecule has 138 valence electrons. The van der Waals surface area contributed by atoms with Crippen molar-refractivity contribution in [2.75, 3.05) is 45.9 Å². The van der Waals surface area contributed by atoms with Crippen LogP contribution in [0.15, 0.2) is 0 Å². The maximum absolute atomic E-state index is 12.3. The van der Waals surface area contributed by atoms with Crippen LogP contribution in [-0.2, 0) is 14.3 Å². The Bertz CT molecular complexity index is 432. The molecule has 1 saturated heterocycles. The number of hydrogen-bond donors (Lipinski definition) is 0. The smallest absolute Gasteiger partial charge is 0.409 e. The van der Waals surface area contributed by atoms with Crippen molar-refractivity contribution >= 4 is 17.9 Å². The molecule has 0 aromatic rings. The molecule has 0 saturated carbocycles. The van der Waals surface area contributed by atoms with Gasteiger partial charge in [-0.3, -0.25) is 9.59 Å². The number of rotatable bonds is 7. The average molecular weight is 341 g/mol.